The van der Waals surface area contributed by atoms with Crippen LogP contribution in [0.2, 0.25) is 0 Å². The minimum Gasteiger partial charge on any atom is -0.433 e. The molecule has 1 aliphatic rings. The van der Waals surface area contributed by atoms with Crippen molar-refractivity contribution in [2.24, 2.45) is 0 Å². The summed E-state index contributed by atoms with van der Waals surface area (Å²) in [5, 5.41) is 0. The molecular formula is C12H23N2O3+. The van der Waals surface area contributed by atoms with Crippen LogP contribution >= 0.6 is 0 Å². The van der Waals surface area contributed by atoms with Gasteiger partial charge >= 0.3 is 6.09 Å². The Morgan fingerprint density at radius 1 is 1.18 bits per heavy atom. The van der Waals surface area contributed by atoms with E-state index >= 15 is 0 Å². The number of unbranched alkanes of at least 4 members (excludes halogenated alkanes) is 1. The molecule has 1 fully saturated rings. The van der Waals surface area contributed by atoms with E-state index in [-0.39, 0.29) is 5.91 Å². The third-order valence-electron chi connectivity index (χ3n) is 2.78. The summed E-state index contributed by atoms with van der Waals surface area (Å²) in [7, 11) is 6.37. The number of hydrogen-bond donors (Lipinski definition) is 0. The lowest BCUT2D eigenvalue weighted by atomic mass is 10.1. The van der Waals surface area contributed by atoms with Gasteiger partial charge in [-0.3, -0.25) is 4.79 Å². The monoisotopic (exact) mass is 243 g/mol. The molecule has 17 heavy (non-hydrogen) atoms. The van der Waals surface area contributed by atoms with Gasteiger partial charge in [0.2, 0.25) is 0 Å². The maximum atomic E-state index is 11.8. The highest BCUT2D eigenvalue weighted by molar-refractivity contribution is 6.02. The molecule has 1 aliphatic heterocycles. The van der Waals surface area contributed by atoms with Gasteiger partial charge < -0.3 is 9.22 Å². The lowest BCUT2D eigenvalue weighted by Gasteiger charge is -2.24. The Labute approximate surface area is 103 Å². The van der Waals surface area contributed by atoms with Crippen LogP contribution in [-0.2, 0) is 9.53 Å². The van der Waals surface area contributed by atoms with E-state index in [1.807, 2.05) is 0 Å². The molecule has 0 aromatic heterocycles. The van der Waals surface area contributed by atoms with Crippen LogP contribution in [0, 0.1) is 0 Å². The quantitative estimate of drug-likeness (QED) is 0.539. The molecule has 1 saturated heterocycles. The third kappa shape index (κ3) is 3.70. The van der Waals surface area contributed by atoms with Crippen molar-refractivity contribution in [3.05, 3.63) is 0 Å². The summed E-state index contributed by atoms with van der Waals surface area (Å²) in [4.78, 5) is 24.5. The van der Waals surface area contributed by atoms with Crippen LogP contribution in [-0.4, -0.2) is 61.2 Å². The van der Waals surface area contributed by atoms with Crippen LogP contribution in [0.5, 0.6) is 0 Å². The van der Waals surface area contributed by atoms with E-state index in [4.69, 9.17) is 4.74 Å². The zero-order valence-corrected chi connectivity index (χ0v) is 11.4. The molecule has 0 aromatic carbocycles. The molecule has 0 N–H and O–H groups in total. The molecule has 98 valence electrons. The van der Waals surface area contributed by atoms with E-state index < -0.39 is 11.7 Å². The molecular weight excluding hydrogens is 220 g/mol. The first-order valence-corrected chi connectivity index (χ1v) is 5.99. The molecule has 1 heterocycles. The summed E-state index contributed by atoms with van der Waals surface area (Å²) in [6, 6.07) is 0. The normalized spacial score (nSPS) is 19.7. The number of ether oxygens (including phenoxy) is 1. The number of carbonyl (C=O) groups excluding carboxylic acids is 2. The van der Waals surface area contributed by atoms with Gasteiger partial charge in [-0.05, 0) is 26.7 Å². The highest BCUT2D eigenvalue weighted by atomic mass is 16.6. The Kier molecular flexibility index (Phi) is 3.81. The van der Waals surface area contributed by atoms with Gasteiger partial charge in [0.05, 0.1) is 27.7 Å². The van der Waals surface area contributed by atoms with Crippen molar-refractivity contribution in [1.29, 1.82) is 0 Å². The number of rotatable bonds is 5. The first-order valence-electron chi connectivity index (χ1n) is 5.99. The van der Waals surface area contributed by atoms with Crippen LogP contribution in [0.4, 0.5) is 4.79 Å². The van der Waals surface area contributed by atoms with Crippen molar-refractivity contribution in [3.63, 3.8) is 0 Å². The van der Waals surface area contributed by atoms with Crippen LogP contribution in [0.25, 0.3) is 0 Å². The van der Waals surface area contributed by atoms with Gasteiger partial charge in [-0.1, -0.05) is 0 Å². The molecule has 0 bridgehead atoms. The zero-order valence-electron chi connectivity index (χ0n) is 11.4. The van der Waals surface area contributed by atoms with Gasteiger partial charge in [-0.2, -0.15) is 0 Å². The molecule has 0 spiro atoms. The van der Waals surface area contributed by atoms with Crippen LogP contribution in [0.15, 0.2) is 0 Å². The Balaban J connectivity index is 2.38. The van der Waals surface area contributed by atoms with Gasteiger partial charge in [0.15, 0.2) is 5.60 Å². The molecule has 0 unspecified atom stereocenters. The van der Waals surface area contributed by atoms with E-state index in [9.17, 15) is 9.59 Å². The largest absolute Gasteiger partial charge is 0.433 e. The molecule has 0 radical (unpaired) electrons. The highest BCUT2D eigenvalue weighted by Gasteiger charge is 2.46. The summed E-state index contributed by atoms with van der Waals surface area (Å²) in [5.41, 5.74) is -0.989. The maximum absolute atomic E-state index is 11.8. The Bertz CT molecular complexity index is 318. The standard InChI is InChI=1S/C12H23N2O3/c1-12(2)10(15)13(11(16)17-12)8-6-7-9-14(3,4)5/h6-9H2,1-5H3/q+1. The minimum atomic E-state index is -0.989. The third-order valence-corrected chi connectivity index (χ3v) is 2.78. The molecule has 5 heteroatoms. The average molecular weight is 243 g/mol. The number of imide groups is 1. The van der Waals surface area contributed by atoms with Crippen molar-refractivity contribution in [2.45, 2.75) is 32.3 Å². The lowest BCUT2D eigenvalue weighted by Crippen LogP contribution is -2.38. The summed E-state index contributed by atoms with van der Waals surface area (Å²) < 4.78 is 5.90. The van der Waals surface area contributed by atoms with Gasteiger partial charge in [-0.25, -0.2) is 9.69 Å². The van der Waals surface area contributed by atoms with Crippen molar-refractivity contribution in [2.75, 3.05) is 34.2 Å². The van der Waals surface area contributed by atoms with Gasteiger partial charge in [0.25, 0.3) is 5.91 Å². The molecule has 0 aliphatic carbocycles. The van der Waals surface area contributed by atoms with Gasteiger partial charge in [0.1, 0.15) is 0 Å². The van der Waals surface area contributed by atoms with Crippen LogP contribution < -0.4 is 0 Å². The van der Waals surface area contributed by atoms with E-state index in [1.54, 1.807) is 13.8 Å². The molecule has 5 nitrogen and oxygen atoms in total. The van der Waals surface area contributed by atoms with Crippen LogP contribution in [0.1, 0.15) is 26.7 Å². The van der Waals surface area contributed by atoms with E-state index in [2.05, 4.69) is 21.1 Å². The Morgan fingerprint density at radius 2 is 1.76 bits per heavy atom. The lowest BCUT2D eigenvalue weighted by molar-refractivity contribution is -0.870. The van der Waals surface area contributed by atoms with Crippen molar-refractivity contribution >= 4 is 12.0 Å². The number of hydrogen-bond acceptors (Lipinski definition) is 3. The van der Waals surface area contributed by atoms with Crippen molar-refractivity contribution in [1.82, 2.24) is 4.90 Å². The summed E-state index contributed by atoms with van der Waals surface area (Å²) >= 11 is 0. The predicted octanol–water partition coefficient (Wildman–Crippen LogP) is 1.23. The van der Waals surface area contributed by atoms with E-state index in [0.29, 0.717) is 6.54 Å². The Hall–Kier alpha value is -1.10. The molecule has 2 amide bonds. The fourth-order valence-electron chi connectivity index (χ4n) is 1.77. The Morgan fingerprint density at radius 3 is 2.18 bits per heavy atom. The number of carbonyl (C=O) groups is 2. The van der Waals surface area contributed by atoms with E-state index in [1.165, 1.54) is 4.90 Å². The minimum absolute atomic E-state index is 0.229. The summed E-state index contributed by atoms with van der Waals surface area (Å²) in [6.07, 6.45) is 1.30. The highest BCUT2D eigenvalue weighted by Crippen LogP contribution is 2.23. The van der Waals surface area contributed by atoms with E-state index in [0.717, 1.165) is 23.9 Å². The molecule has 1 rings (SSSR count). The number of nitrogens with zero attached hydrogens (tertiary/aromatic N) is 2. The predicted molar refractivity (Wildman–Crippen MR) is 64.4 cm³/mol. The first kappa shape index (κ1) is 14.0. The smallest absolute Gasteiger partial charge is 0.417 e. The molecule has 0 atom stereocenters. The number of amides is 2. The summed E-state index contributed by atoms with van der Waals surface area (Å²) in [6.45, 7) is 4.74. The average Bonchev–Trinajstić information content (AvgIpc) is 2.31. The molecule has 0 aromatic rings. The second-order valence-electron chi connectivity index (χ2n) is 6.06. The fraction of sp³-hybridized carbons (Fsp3) is 0.833. The fourth-order valence-corrected chi connectivity index (χ4v) is 1.77. The second-order valence-corrected chi connectivity index (χ2v) is 6.06. The topological polar surface area (TPSA) is 46.6 Å². The van der Waals surface area contributed by atoms with Crippen molar-refractivity contribution < 1.29 is 18.8 Å². The SMILES string of the molecule is CC1(C)OC(=O)N(CCCC[N+](C)(C)C)C1=O. The van der Waals surface area contributed by atoms with Gasteiger partial charge in [0, 0.05) is 6.54 Å². The molecule has 0 saturated carbocycles. The maximum Gasteiger partial charge on any atom is 0.417 e. The number of quaternary nitrogens is 1. The summed E-state index contributed by atoms with van der Waals surface area (Å²) in [5.74, 6) is -0.229. The zero-order chi connectivity index (χ0) is 13.3. The number of cyclic esters (lactones) is 1. The van der Waals surface area contributed by atoms with Crippen molar-refractivity contribution in [3.8, 4) is 0 Å². The second kappa shape index (κ2) is 4.64. The van der Waals surface area contributed by atoms with Crippen LogP contribution in [0.3, 0.4) is 0 Å². The van der Waals surface area contributed by atoms with Gasteiger partial charge in [-0.15, -0.1) is 0 Å². The first-order chi connectivity index (χ1) is 7.63.